The first-order valence-corrected chi connectivity index (χ1v) is 13.9. The van der Waals surface area contributed by atoms with Gasteiger partial charge >= 0.3 is 0 Å². The maximum Gasteiger partial charge on any atom is 0.265 e. The molecule has 1 radical (unpaired) electrons. The Balaban J connectivity index is 2.48. The number of anilines is 1. The van der Waals surface area contributed by atoms with Crippen LogP contribution in [0.15, 0.2) is 18.2 Å². The molecule has 0 saturated heterocycles. The Kier molecular flexibility index (Phi) is 9.03. The molecule has 0 aliphatic rings. The Hall–Kier alpha value is -1.76. The van der Waals surface area contributed by atoms with Crippen LogP contribution in [0.2, 0.25) is 18.1 Å². The van der Waals surface area contributed by atoms with E-state index in [-0.39, 0.29) is 17.6 Å². The third-order valence-electron chi connectivity index (χ3n) is 5.26. The van der Waals surface area contributed by atoms with E-state index in [2.05, 4.69) is 51.1 Å². The van der Waals surface area contributed by atoms with Gasteiger partial charge in [0, 0.05) is 10.7 Å². The fraction of sp³-hybridized carbons (Fsp3) is 0.560. The molecule has 32 heavy (non-hydrogen) atoms. The highest BCUT2D eigenvalue weighted by molar-refractivity contribution is 6.48. The lowest BCUT2D eigenvalue weighted by Gasteiger charge is -2.39. The smallest absolute Gasteiger partial charge is 0.265 e. The van der Waals surface area contributed by atoms with Gasteiger partial charge in [0.2, 0.25) is 14.8 Å². The van der Waals surface area contributed by atoms with Crippen molar-refractivity contribution in [2.75, 3.05) is 12.4 Å². The minimum Gasteiger partial charge on any atom is -0.490 e. The molecule has 0 bridgehead atoms. The lowest BCUT2D eigenvalue weighted by Crippen LogP contribution is -2.46. The second kappa shape index (κ2) is 10.9. The second-order valence-corrected chi connectivity index (χ2v) is 12.1. The minimum absolute atomic E-state index is 0.0121. The van der Waals surface area contributed by atoms with Crippen molar-refractivity contribution in [3.8, 4) is 17.4 Å². The van der Waals surface area contributed by atoms with Crippen LogP contribution >= 0.6 is 11.6 Å². The molecule has 0 aliphatic carbocycles. The first-order chi connectivity index (χ1) is 14.9. The molecule has 0 amide bonds. The zero-order valence-electron chi connectivity index (χ0n) is 21.1. The van der Waals surface area contributed by atoms with Gasteiger partial charge in [-0.1, -0.05) is 39.3 Å². The summed E-state index contributed by atoms with van der Waals surface area (Å²) in [6, 6.07) is 5.88. The highest BCUT2D eigenvalue weighted by atomic mass is 35.5. The average Bonchev–Trinajstić information content (AvgIpc) is 2.66. The van der Waals surface area contributed by atoms with Crippen molar-refractivity contribution in [3.05, 3.63) is 40.0 Å². The van der Waals surface area contributed by atoms with Crippen LogP contribution in [0.1, 0.15) is 50.9 Å². The Bertz CT molecular complexity index is 905. The van der Waals surface area contributed by atoms with E-state index in [0.717, 1.165) is 34.7 Å². The number of rotatable bonds is 9. The third-order valence-corrected chi connectivity index (χ3v) is 6.20. The van der Waals surface area contributed by atoms with Gasteiger partial charge in [0.05, 0.1) is 24.9 Å². The molecular weight excluding hydrogens is 440 g/mol. The summed E-state index contributed by atoms with van der Waals surface area (Å²) in [5.41, 5.74) is 3.57. The van der Waals surface area contributed by atoms with Crippen LogP contribution in [0.5, 0.6) is 17.4 Å². The van der Waals surface area contributed by atoms with Crippen molar-refractivity contribution in [3.63, 3.8) is 0 Å². The molecule has 2 aromatic rings. The molecule has 1 aromatic heterocycles. The molecule has 5 nitrogen and oxygen atoms in total. The highest BCUT2D eigenvalue weighted by Crippen LogP contribution is 2.40. The van der Waals surface area contributed by atoms with E-state index in [4.69, 9.17) is 25.5 Å². The highest BCUT2D eigenvalue weighted by Gasteiger charge is 2.34. The molecule has 177 valence electrons. The van der Waals surface area contributed by atoms with Gasteiger partial charge in [-0.3, -0.25) is 0 Å². The Morgan fingerprint density at radius 3 is 2.12 bits per heavy atom. The van der Waals surface area contributed by atoms with E-state index >= 15 is 0 Å². The Morgan fingerprint density at radius 1 is 1.06 bits per heavy atom. The molecule has 2 atom stereocenters. The van der Waals surface area contributed by atoms with Crippen LogP contribution in [0, 0.1) is 26.2 Å². The lowest BCUT2D eigenvalue weighted by atomic mass is 9.83. The fourth-order valence-electron chi connectivity index (χ4n) is 3.87. The summed E-state index contributed by atoms with van der Waals surface area (Å²) in [7, 11) is 0.777. The predicted molar refractivity (Wildman–Crippen MR) is 136 cm³/mol. The van der Waals surface area contributed by atoms with E-state index in [1.807, 2.05) is 39.0 Å². The number of benzene rings is 1. The zero-order chi connectivity index (χ0) is 24.2. The molecule has 2 unspecified atom stereocenters. The van der Waals surface area contributed by atoms with Crippen LogP contribution < -0.4 is 14.8 Å². The zero-order valence-corrected chi connectivity index (χ0v) is 22.9. The molecule has 1 heterocycles. The first kappa shape index (κ1) is 26.5. The maximum atomic E-state index is 6.45. The van der Waals surface area contributed by atoms with E-state index in [1.54, 1.807) is 7.11 Å². The number of halogens is 1. The molecule has 0 spiro atoms. The van der Waals surface area contributed by atoms with E-state index < -0.39 is 9.04 Å². The van der Waals surface area contributed by atoms with Gasteiger partial charge in [-0.2, -0.15) is 0 Å². The van der Waals surface area contributed by atoms with Gasteiger partial charge in [-0.25, -0.2) is 4.98 Å². The van der Waals surface area contributed by atoms with Crippen LogP contribution in [0.25, 0.3) is 0 Å². The monoisotopic (exact) mass is 477 g/mol. The van der Waals surface area contributed by atoms with Crippen LogP contribution in [-0.2, 0) is 4.43 Å². The number of aryl methyl sites for hydroxylation is 3. The van der Waals surface area contributed by atoms with Crippen molar-refractivity contribution in [2.24, 2.45) is 5.41 Å². The summed E-state index contributed by atoms with van der Waals surface area (Å²) >= 11 is 6.19. The van der Waals surface area contributed by atoms with Gasteiger partial charge in [0.25, 0.3) is 5.88 Å². The number of methoxy groups -OCH3 is 1. The predicted octanol–water partition coefficient (Wildman–Crippen LogP) is 7.33. The van der Waals surface area contributed by atoms with Crippen LogP contribution in [0.3, 0.4) is 0 Å². The van der Waals surface area contributed by atoms with Crippen molar-refractivity contribution < 1.29 is 13.9 Å². The summed E-state index contributed by atoms with van der Waals surface area (Å²) in [4.78, 5) is 4.63. The largest absolute Gasteiger partial charge is 0.490 e. The molecule has 7 heteroatoms. The van der Waals surface area contributed by atoms with E-state index in [1.165, 1.54) is 0 Å². The Labute approximate surface area is 200 Å². The molecular formula is C25H38ClN2O3Si. The molecule has 0 fully saturated rings. The van der Waals surface area contributed by atoms with Crippen LogP contribution in [0.4, 0.5) is 5.69 Å². The van der Waals surface area contributed by atoms with E-state index in [9.17, 15) is 0 Å². The SMILES string of the molecule is CCC(Nc1cc(C)nc(Oc2c(C)cc(Cl)cc2C)c1OC)C(O[Si](C)C)C(C)(C)C. The summed E-state index contributed by atoms with van der Waals surface area (Å²) in [5.74, 6) is 1.75. The molecule has 0 saturated carbocycles. The van der Waals surface area contributed by atoms with Gasteiger partial charge in [0.1, 0.15) is 5.75 Å². The quantitative estimate of drug-likeness (QED) is 0.383. The van der Waals surface area contributed by atoms with Gasteiger partial charge < -0.3 is 19.2 Å². The number of ether oxygens (including phenoxy) is 2. The molecule has 1 aromatic carbocycles. The number of nitrogens with one attached hydrogen (secondary N) is 1. The van der Waals surface area contributed by atoms with Crippen molar-refractivity contribution in [1.29, 1.82) is 0 Å². The van der Waals surface area contributed by atoms with Crippen LogP contribution in [-0.4, -0.2) is 33.3 Å². The average molecular weight is 478 g/mol. The van der Waals surface area contributed by atoms with Crippen molar-refractivity contribution in [1.82, 2.24) is 4.98 Å². The number of nitrogens with zero attached hydrogens (tertiary/aromatic N) is 1. The first-order valence-electron chi connectivity index (χ1n) is 11.1. The van der Waals surface area contributed by atoms with Gasteiger partial charge in [0.15, 0.2) is 0 Å². The van der Waals surface area contributed by atoms with Crippen molar-refractivity contribution >= 4 is 26.3 Å². The molecule has 2 rings (SSSR count). The van der Waals surface area contributed by atoms with E-state index in [0.29, 0.717) is 16.7 Å². The fourth-order valence-corrected chi connectivity index (χ4v) is 5.22. The van der Waals surface area contributed by atoms with Gasteiger partial charge in [-0.05, 0) is 75.0 Å². The lowest BCUT2D eigenvalue weighted by molar-refractivity contribution is 0.0675. The summed E-state index contributed by atoms with van der Waals surface area (Å²) in [5, 5.41) is 4.38. The topological polar surface area (TPSA) is 52.6 Å². The molecule has 0 aliphatic heterocycles. The number of aromatic nitrogens is 1. The third kappa shape index (κ3) is 6.62. The number of hydrogen-bond donors (Lipinski definition) is 1. The normalized spacial score (nSPS) is 13.8. The molecule has 1 N–H and O–H groups in total. The maximum absolute atomic E-state index is 6.45. The summed E-state index contributed by atoms with van der Waals surface area (Å²) in [6.45, 7) is 19.1. The Morgan fingerprint density at radius 2 is 1.66 bits per heavy atom. The minimum atomic E-state index is -0.865. The van der Waals surface area contributed by atoms with Crippen molar-refractivity contribution in [2.45, 2.75) is 80.1 Å². The second-order valence-electron chi connectivity index (χ2n) is 9.59. The number of hydrogen-bond acceptors (Lipinski definition) is 5. The summed E-state index contributed by atoms with van der Waals surface area (Å²) in [6.07, 6.45) is 0.965. The number of pyridine rings is 1. The summed E-state index contributed by atoms with van der Waals surface area (Å²) < 4.78 is 18.5. The standard InChI is InChI=1S/C25H38ClN2O3Si/c1-11-19(23(25(5,6)7)31-32(9)10)28-20-14-17(4)27-24(22(20)29-8)30-21-15(2)12-18(26)13-16(21)3/h12-14,19,23H,11H2,1-10H3,(H,27,28). The van der Waals surface area contributed by atoms with Gasteiger partial charge in [-0.15, -0.1) is 0 Å².